The van der Waals surface area contributed by atoms with Crippen LogP contribution in [0.25, 0.3) is 11.3 Å². The van der Waals surface area contributed by atoms with Gasteiger partial charge in [-0.25, -0.2) is 9.88 Å². The summed E-state index contributed by atoms with van der Waals surface area (Å²) in [7, 11) is 0. The van der Waals surface area contributed by atoms with Crippen molar-refractivity contribution >= 4 is 35.0 Å². The number of hydrogen-bond acceptors (Lipinski definition) is 7. The van der Waals surface area contributed by atoms with Crippen LogP contribution in [0, 0.1) is 0 Å². The molecule has 3 aromatic rings. The summed E-state index contributed by atoms with van der Waals surface area (Å²) in [6.45, 7) is 3.93. The summed E-state index contributed by atoms with van der Waals surface area (Å²) in [4.78, 5) is 19.2. The second kappa shape index (κ2) is 8.72. The molecule has 8 nitrogen and oxygen atoms in total. The molecule has 1 amide bonds. The van der Waals surface area contributed by atoms with Crippen LogP contribution < -0.4 is 24.2 Å². The van der Waals surface area contributed by atoms with Crippen LogP contribution in [0.3, 0.4) is 0 Å². The molecule has 0 saturated carbocycles. The van der Waals surface area contributed by atoms with Gasteiger partial charge in [0, 0.05) is 23.3 Å². The summed E-state index contributed by atoms with van der Waals surface area (Å²) in [6, 6.07) is 10.7. The number of anilines is 1. The Morgan fingerprint density at radius 1 is 1.27 bits per heavy atom. The zero-order valence-corrected chi connectivity index (χ0v) is 19.7. The quantitative estimate of drug-likeness (QED) is 0.403. The number of aromatic nitrogens is 3. The van der Waals surface area contributed by atoms with Gasteiger partial charge in [-0.15, -0.1) is 0 Å². The van der Waals surface area contributed by atoms with Gasteiger partial charge >= 0.3 is 0 Å². The highest BCUT2D eigenvalue weighted by Gasteiger charge is 2.45. The first-order valence-corrected chi connectivity index (χ1v) is 12.0. The summed E-state index contributed by atoms with van der Waals surface area (Å²) in [6.07, 6.45) is 0.376. The summed E-state index contributed by atoms with van der Waals surface area (Å²) in [5.74, 6) is 1.29. The van der Waals surface area contributed by atoms with Crippen molar-refractivity contribution in [3.8, 4) is 28.6 Å². The van der Waals surface area contributed by atoms with Crippen molar-refractivity contribution in [2.24, 2.45) is 0 Å². The molecule has 0 N–H and O–H groups in total. The van der Waals surface area contributed by atoms with Crippen molar-refractivity contribution in [1.29, 1.82) is 0 Å². The van der Waals surface area contributed by atoms with Gasteiger partial charge in [-0.2, -0.15) is 0 Å². The average molecular weight is 485 g/mol. The van der Waals surface area contributed by atoms with Crippen LogP contribution in [-0.2, 0) is 4.79 Å². The number of fused-ring (bicyclic) bond motifs is 4. The SMILES string of the molecule is CCCSc1nc([O-])c2[n+](n1)C(c1cc3c(cc1Cl)OCO3)N(C(=O)CC)c1ccccc1-2. The number of ether oxygens (including phenoxy) is 2. The van der Waals surface area contributed by atoms with Gasteiger partial charge in [-0.3, -0.25) is 4.79 Å². The van der Waals surface area contributed by atoms with Crippen molar-refractivity contribution in [2.75, 3.05) is 17.4 Å². The smallest absolute Gasteiger partial charge is 0.294 e. The van der Waals surface area contributed by atoms with Gasteiger partial charge < -0.3 is 14.6 Å². The van der Waals surface area contributed by atoms with Gasteiger partial charge in [0.15, 0.2) is 11.5 Å². The van der Waals surface area contributed by atoms with Crippen LogP contribution in [0.2, 0.25) is 5.02 Å². The molecule has 2 aromatic carbocycles. The standard InChI is InChI=1S/C23H21ClN4O4S/c1-3-9-33-23-25-21(30)20-13-7-5-6-8-16(13)27(19(29)4-2)22(28(20)26-23)14-10-17-18(11-15(14)24)32-12-31-17/h5-8,10-11,22H,3-4,9,12H2,1-2H3. The number of hydrogen-bond donors (Lipinski definition) is 0. The van der Waals surface area contributed by atoms with Crippen LogP contribution in [0.15, 0.2) is 41.6 Å². The van der Waals surface area contributed by atoms with Crippen LogP contribution in [0.1, 0.15) is 38.4 Å². The molecule has 2 aliphatic rings. The Bertz CT molecular complexity index is 1260. The average Bonchev–Trinajstić information content (AvgIpc) is 3.27. The first kappa shape index (κ1) is 21.8. The lowest BCUT2D eigenvalue weighted by Crippen LogP contribution is -2.59. The molecule has 5 rings (SSSR count). The molecule has 0 saturated heterocycles. The summed E-state index contributed by atoms with van der Waals surface area (Å²) in [5, 5.41) is 18.7. The van der Waals surface area contributed by atoms with Gasteiger partial charge in [0.05, 0.1) is 27.7 Å². The molecule has 0 fully saturated rings. The van der Waals surface area contributed by atoms with E-state index in [1.807, 2.05) is 25.1 Å². The maximum Gasteiger partial charge on any atom is 0.294 e. The Morgan fingerprint density at radius 3 is 2.79 bits per heavy atom. The van der Waals surface area contributed by atoms with Crippen molar-refractivity contribution < 1.29 is 24.1 Å². The minimum Gasteiger partial charge on any atom is -0.854 e. The van der Waals surface area contributed by atoms with E-state index < -0.39 is 12.0 Å². The van der Waals surface area contributed by atoms with E-state index in [0.717, 1.165) is 12.2 Å². The molecule has 1 unspecified atom stereocenters. The number of amides is 1. The van der Waals surface area contributed by atoms with Crippen LogP contribution in [0.5, 0.6) is 17.4 Å². The number of carbonyl (C=O) groups is 1. The monoisotopic (exact) mass is 484 g/mol. The fraction of sp³-hybridized carbons (Fsp3) is 0.304. The van der Waals surface area contributed by atoms with E-state index in [4.69, 9.17) is 26.2 Å². The van der Waals surface area contributed by atoms with Crippen molar-refractivity contribution in [1.82, 2.24) is 10.1 Å². The topological polar surface area (TPSA) is 91.5 Å². The van der Waals surface area contributed by atoms with E-state index in [1.54, 1.807) is 34.7 Å². The minimum absolute atomic E-state index is 0.0919. The zero-order valence-electron chi connectivity index (χ0n) is 18.1. The van der Waals surface area contributed by atoms with Crippen LogP contribution >= 0.6 is 23.4 Å². The molecule has 2 aliphatic heterocycles. The molecule has 1 atom stereocenters. The highest BCUT2D eigenvalue weighted by molar-refractivity contribution is 7.99. The molecule has 33 heavy (non-hydrogen) atoms. The molecule has 1 aromatic heterocycles. The van der Waals surface area contributed by atoms with E-state index in [9.17, 15) is 9.90 Å². The molecular weight excluding hydrogens is 464 g/mol. The maximum atomic E-state index is 13.3. The van der Waals surface area contributed by atoms with E-state index in [2.05, 4.69) is 4.98 Å². The predicted molar refractivity (Wildman–Crippen MR) is 122 cm³/mol. The Balaban J connectivity index is 1.80. The van der Waals surface area contributed by atoms with Crippen LogP contribution in [-0.4, -0.2) is 28.5 Å². The Labute approximate surface area is 200 Å². The molecule has 0 spiro atoms. The van der Waals surface area contributed by atoms with E-state index in [0.29, 0.717) is 44.2 Å². The third kappa shape index (κ3) is 3.65. The van der Waals surface area contributed by atoms with Gasteiger partial charge in [-0.05, 0) is 24.6 Å². The number of halogens is 1. The third-order valence-electron chi connectivity index (χ3n) is 5.49. The van der Waals surface area contributed by atoms with Gasteiger partial charge in [0.2, 0.25) is 12.7 Å². The predicted octanol–water partition coefficient (Wildman–Crippen LogP) is 3.69. The number of para-hydroxylation sites is 1. The molecule has 0 bridgehead atoms. The Morgan fingerprint density at radius 2 is 2.03 bits per heavy atom. The van der Waals surface area contributed by atoms with Crippen molar-refractivity contribution in [2.45, 2.75) is 38.0 Å². The highest BCUT2D eigenvalue weighted by Crippen LogP contribution is 2.45. The second-order valence-corrected chi connectivity index (χ2v) is 9.05. The number of carbonyl (C=O) groups excluding carboxylic acids is 1. The molecule has 3 heterocycles. The molecule has 170 valence electrons. The number of benzene rings is 2. The third-order valence-corrected chi connectivity index (χ3v) is 6.86. The summed E-state index contributed by atoms with van der Waals surface area (Å²) < 4.78 is 12.6. The second-order valence-electron chi connectivity index (χ2n) is 7.58. The van der Waals surface area contributed by atoms with E-state index in [-0.39, 0.29) is 19.1 Å². The molecular formula is C23H21ClN4O4S. The van der Waals surface area contributed by atoms with Gasteiger partial charge in [0.25, 0.3) is 17.0 Å². The fourth-order valence-electron chi connectivity index (χ4n) is 4.04. The lowest BCUT2D eigenvalue weighted by atomic mass is 10.0. The Hall–Kier alpha value is -3.04. The minimum atomic E-state index is -0.791. The summed E-state index contributed by atoms with van der Waals surface area (Å²) in [5.41, 5.74) is 2.10. The maximum absolute atomic E-state index is 13.3. The molecule has 0 aliphatic carbocycles. The lowest BCUT2D eigenvalue weighted by molar-refractivity contribution is -0.764. The molecule has 10 heteroatoms. The van der Waals surface area contributed by atoms with Gasteiger partial charge in [0.1, 0.15) is 0 Å². The lowest BCUT2D eigenvalue weighted by Gasteiger charge is -2.33. The normalized spacial score (nSPS) is 15.8. The summed E-state index contributed by atoms with van der Waals surface area (Å²) >= 11 is 8.10. The largest absolute Gasteiger partial charge is 0.854 e. The zero-order chi connectivity index (χ0) is 23.1. The van der Waals surface area contributed by atoms with Crippen LogP contribution in [0.4, 0.5) is 5.69 Å². The van der Waals surface area contributed by atoms with Crippen molar-refractivity contribution in [3.63, 3.8) is 0 Å². The van der Waals surface area contributed by atoms with E-state index in [1.165, 1.54) is 11.8 Å². The Kier molecular flexibility index (Phi) is 5.76. The highest BCUT2D eigenvalue weighted by atomic mass is 35.5. The molecule has 0 radical (unpaired) electrons. The first-order valence-electron chi connectivity index (χ1n) is 10.7. The fourth-order valence-corrected chi connectivity index (χ4v) is 4.97. The van der Waals surface area contributed by atoms with Crippen molar-refractivity contribution in [3.05, 3.63) is 47.0 Å². The first-order chi connectivity index (χ1) is 16.0. The van der Waals surface area contributed by atoms with E-state index >= 15 is 0 Å². The number of nitrogens with zero attached hydrogens (tertiary/aromatic N) is 4. The number of rotatable bonds is 5. The van der Waals surface area contributed by atoms with Gasteiger partial charge in [-0.1, -0.05) is 54.0 Å². The number of thioether (sulfide) groups is 1.